The van der Waals surface area contributed by atoms with Gasteiger partial charge in [-0.3, -0.25) is 14.5 Å². The minimum Gasteiger partial charge on any atom is -0.313 e. The predicted molar refractivity (Wildman–Crippen MR) is 60.8 cm³/mol. The third-order valence-electron chi connectivity index (χ3n) is 3.20. The Bertz CT molecular complexity index is 307. The van der Waals surface area contributed by atoms with E-state index in [0.717, 1.165) is 32.4 Å². The van der Waals surface area contributed by atoms with Gasteiger partial charge in [-0.15, -0.1) is 0 Å². The molecule has 2 amide bonds. The first-order valence-corrected chi connectivity index (χ1v) is 5.99. The monoisotopic (exact) mass is 222 g/mol. The Hall–Kier alpha value is -1.16. The lowest BCUT2D eigenvalue weighted by Crippen LogP contribution is -2.40. The van der Waals surface area contributed by atoms with Crippen molar-refractivity contribution >= 4 is 11.8 Å². The van der Waals surface area contributed by atoms with Crippen LogP contribution in [0.3, 0.4) is 0 Å². The maximum absolute atomic E-state index is 11.6. The van der Waals surface area contributed by atoms with Gasteiger partial charge in [0.1, 0.15) is 0 Å². The van der Waals surface area contributed by atoms with Gasteiger partial charge in [-0.2, -0.15) is 0 Å². The number of nitrogens with zero attached hydrogens (tertiary/aromatic N) is 1. The molecule has 1 N–H and O–H groups in total. The number of imide groups is 1. The molecule has 88 valence electrons. The Morgan fingerprint density at radius 1 is 1.19 bits per heavy atom. The number of likely N-dealkylation sites (tertiary alicyclic amines) is 1. The van der Waals surface area contributed by atoms with Gasteiger partial charge in [0.05, 0.1) is 0 Å². The highest BCUT2D eigenvalue weighted by Crippen LogP contribution is 2.15. The first kappa shape index (κ1) is 11.3. The van der Waals surface area contributed by atoms with E-state index in [2.05, 4.69) is 11.4 Å². The molecular weight excluding hydrogens is 204 g/mol. The molecule has 4 heteroatoms. The zero-order chi connectivity index (χ0) is 11.4. The van der Waals surface area contributed by atoms with Crippen molar-refractivity contribution in [2.24, 2.45) is 0 Å². The maximum Gasteiger partial charge on any atom is 0.229 e. The molecule has 0 aliphatic carbocycles. The Kier molecular flexibility index (Phi) is 3.72. The topological polar surface area (TPSA) is 49.4 Å². The number of piperidine rings is 1. The van der Waals surface area contributed by atoms with Crippen LogP contribution < -0.4 is 5.32 Å². The average Bonchev–Trinajstić information content (AvgIpc) is 2.30. The summed E-state index contributed by atoms with van der Waals surface area (Å²) >= 11 is 0. The fourth-order valence-corrected chi connectivity index (χ4v) is 2.20. The number of rotatable bonds is 3. The van der Waals surface area contributed by atoms with Gasteiger partial charge in [0, 0.05) is 25.9 Å². The maximum atomic E-state index is 11.6. The van der Waals surface area contributed by atoms with E-state index in [4.69, 9.17) is 0 Å². The van der Waals surface area contributed by atoms with Crippen LogP contribution in [0.5, 0.6) is 0 Å². The highest BCUT2D eigenvalue weighted by atomic mass is 16.2. The molecule has 0 atom stereocenters. The second-order valence-corrected chi connectivity index (χ2v) is 4.36. The van der Waals surface area contributed by atoms with Gasteiger partial charge < -0.3 is 5.32 Å². The Morgan fingerprint density at radius 3 is 2.56 bits per heavy atom. The summed E-state index contributed by atoms with van der Waals surface area (Å²) in [7, 11) is 0. The van der Waals surface area contributed by atoms with Crippen molar-refractivity contribution in [3.05, 3.63) is 11.6 Å². The van der Waals surface area contributed by atoms with Crippen LogP contribution in [0.4, 0.5) is 0 Å². The number of hydrogen-bond donors (Lipinski definition) is 1. The summed E-state index contributed by atoms with van der Waals surface area (Å²) in [5, 5.41) is 3.25. The molecule has 4 nitrogen and oxygen atoms in total. The Labute approximate surface area is 95.7 Å². The van der Waals surface area contributed by atoms with E-state index in [1.807, 2.05) is 0 Å². The first-order chi connectivity index (χ1) is 7.77. The molecule has 1 fully saturated rings. The van der Waals surface area contributed by atoms with Gasteiger partial charge in [0.15, 0.2) is 0 Å². The van der Waals surface area contributed by atoms with Crippen molar-refractivity contribution < 1.29 is 9.59 Å². The fourth-order valence-electron chi connectivity index (χ4n) is 2.20. The average molecular weight is 222 g/mol. The van der Waals surface area contributed by atoms with E-state index in [-0.39, 0.29) is 11.8 Å². The van der Waals surface area contributed by atoms with Crippen LogP contribution in [0.2, 0.25) is 0 Å². The van der Waals surface area contributed by atoms with Gasteiger partial charge in [-0.05, 0) is 25.8 Å². The quantitative estimate of drug-likeness (QED) is 0.568. The molecule has 0 bridgehead atoms. The van der Waals surface area contributed by atoms with Crippen LogP contribution in [0.1, 0.15) is 32.1 Å². The number of amides is 2. The lowest BCUT2D eigenvalue weighted by Gasteiger charge is -2.25. The zero-order valence-electron chi connectivity index (χ0n) is 9.50. The molecule has 2 aliphatic heterocycles. The largest absolute Gasteiger partial charge is 0.313 e. The second kappa shape index (κ2) is 5.25. The standard InChI is InChI=1S/C12H18N2O2/c15-11-2-1-3-12(16)14(11)9-6-10-4-7-13-8-5-10/h4,13H,1-3,5-9H2. The van der Waals surface area contributed by atoms with Crippen molar-refractivity contribution in [1.82, 2.24) is 10.2 Å². The summed E-state index contributed by atoms with van der Waals surface area (Å²) in [6.07, 6.45) is 5.84. The molecule has 0 spiro atoms. The molecule has 0 radical (unpaired) electrons. The van der Waals surface area contributed by atoms with Crippen LogP contribution in [0, 0.1) is 0 Å². The molecular formula is C12H18N2O2. The van der Waals surface area contributed by atoms with Crippen molar-refractivity contribution in [2.45, 2.75) is 32.1 Å². The van der Waals surface area contributed by atoms with Gasteiger partial charge in [-0.1, -0.05) is 11.6 Å². The van der Waals surface area contributed by atoms with Gasteiger partial charge in [0.2, 0.25) is 11.8 Å². The third-order valence-corrected chi connectivity index (χ3v) is 3.20. The molecule has 0 unspecified atom stereocenters. The summed E-state index contributed by atoms with van der Waals surface area (Å²) < 4.78 is 0. The normalized spacial score (nSPS) is 22.2. The molecule has 16 heavy (non-hydrogen) atoms. The summed E-state index contributed by atoms with van der Waals surface area (Å²) in [5.41, 5.74) is 1.37. The van der Waals surface area contributed by atoms with E-state index in [1.165, 1.54) is 10.5 Å². The highest BCUT2D eigenvalue weighted by Gasteiger charge is 2.25. The van der Waals surface area contributed by atoms with Crippen LogP contribution in [0.25, 0.3) is 0 Å². The van der Waals surface area contributed by atoms with Gasteiger partial charge in [-0.25, -0.2) is 0 Å². The smallest absolute Gasteiger partial charge is 0.229 e. The molecule has 2 rings (SSSR count). The predicted octanol–water partition coefficient (Wildman–Crippen LogP) is 0.835. The van der Waals surface area contributed by atoms with Crippen LogP contribution in [-0.4, -0.2) is 36.3 Å². The molecule has 1 saturated heterocycles. The summed E-state index contributed by atoms with van der Waals surface area (Å²) in [4.78, 5) is 24.5. The van der Waals surface area contributed by atoms with Gasteiger partial charge in [0.25, 0.3) is 0 Å². The van der Waals surface area contributed by atoms with E-state index < -0.39 is 0 Å². The lowest BCUT2D eigenvalue weighted by molar-refractivity contribution is -0.147. The van der Waals surface area contributed by atoms with Crippen LogP contribution in [0.15, 0.2) is 11.6 Å². The van der Waals surface area contributed by atoms with Crippen molar-refractivity contribution in [3.63, 3.8) is 0 Å². The third kappa shape index (κ3) is 2.70. The van der Waals surface area contributed by atoms with Crippen molar-refractivity contribution in [2.75, 3.05) is 19.6 Å². The SMILES string of the molecule is O=C1CCCC(=O)N1CCC1=CCNCC1. The number of hydrogen-bond acceptors (Lipinski definition) is 3. The lowest BCUT2D eigenvalue weighted by atomic mass is 10.0. The summed E-state index contributed by atoms with van der Waals surface area (Å²) in [5.74, 6) is 0.0107. The van der Waals surface area contributed by atoms with Crippen LogP contribution in [-0.2, 0) is 9.59 Å². The number of carbonyl (C=O) groups is 2. The van der Waals surface area contributed by atoms with Crippen molar-refractivity contribution in [3.8, 4) is 0 Å². The van der Waals surface area contributed by atoms with E-state index in [9.17, 15) is 9.59 Å². The second-order valence-electron chi connectivity index (χ2n) is 4.36. The summed E-state index contributed by atoms with van der Waals surface area (Å²) in [6.45, 7) is 2.49. The summed E-state index contributed by atoms with van der Waals surface area (Å²) in [6, 6.07) is 0. The van der Waals surface area contributed by atoms with E-state index >= 15 is 0 Å². The highest BCUT2D eigenvalue weighted by molar-refractivity contribution is 5.97. The Morgan fingerprint density at radius 2 is 1.94 bits per heavy atom. The zero-order valence-corrected chi connectivity index (χ0v) is 9.50. The molecule has 0 saturated carbocycles. The van der Waals surface area contributed by atoms with Crippen LogP contribution >= 0.6 is 0 Å². The van der Waals surface area contributed by atoms with E-state index in [1.54, 1.807) is 0 Å². The Balaban J connectivity index is 1.86. The number of nitrogens with one attached hydrogen (secondary N) is 1. The molecule has 0 aromatic heterocycles. The number of carbonyl (C=O) groups excluding carboxylic acids is 2. The molecule has 2 aliphatic rings. The van der Waals surface area contributed by atoms with E-state index in [0.29, 0.717) is 19.4 Å². The van der Waals surface area contributed by atoms with Gasteiger partial charge >= 0.3 is 0 Å². The molecule has 0 aromatic carbocycles. The molecule has 0 aromatic rings. The minimum absolute atomic E-state index is 0.00536. The minimum atomic E-state index is 0.00536. The fraction of sp³-hybridized carbons (Fsp3) is 0.667. The molecule has 2 heterocycles. The first-order valence-electron chi connectivity index (χ1n) is 5.99. The van der Waals surface area contributed by atoms with Crippen molar-refractivity contribution in [1.29, 1.82) is 0 Å².